The zero-order chi connectivity index (χ0) is 15.7. The molecule has 0 amide bonds. The molecular weight excluding hydrogens is 316 g/mol. The number of thioether (sulfide) groups is 1. The van der Waals surface area contributed by atoms with E-state index in [9.17, 15) is 4.79 Å². The second-order valence-corrected chi connectivity index (χ2v) is 8.12. The fourth-order valence-corrected chi connectivity index (χ4v) is 3.77. The van der Waals surface area contributed by atoms with E-state index in [0.717, 1.165) is 10.1 Å². The van der Waals surface area contributed by atoms with Gasteiger partial charge in [0.05, 0.1) is 0 Å². The largest absolute Gasteiger partial charge is 0.297 e. The van der Waals surface area contributed by atoms with Crippen LogP contribution >= 0.6 is 23.1 Å². The van der Waals surface area contributed by atoms with Gasteiger partial charge in [-0.05, 0) is 5.56 Å². The van der Waals surface area contributed by atoms with Crippen molar-refractivity contribution in [2.75, 3.05) is 0 Å². The Hall–Kier alpha value is -1.73. The van der Waals surface area contributed by atoms with Gasteiger partial charge in [0.1, 0.15) is 5.69 Å². The summed E-state index contributed by atoms with van der Waals surface area (Å²) >= 11 is 2.99. The molecule has 3 rings (SSSR count). The fraction of sp³-hybridized carbons (Fsp3) is 0.333. The second kappa shape index (κ2) is 5.81. The Bertz CT molecular complexity index is 849. The van der Waals surface area contributed by atoms with Crippen LogP contribution < -0.4 is 5.56 Å². The van der Waals surface area contributed by atoms with Gasteiger partial charge in [-0.15, -0.1) is 15.3 Å². The van der Waals surface area contributed by atoms with Crippen molar-refractivity contribution in [3.05, 3.63) is 51.9 Å². The molecule has 22 heavy (non-hydrogen) atoms. The molecule has 2 heterocycles. The van der Waals surface area contributed by atoms with Gasteiger partial charge in [-0.2, -0.15) is 4.52 Å². The Kier molecular flexibility index (Phi) is 4.01. The van der Waals surface area contributed by atoms with Gasteiger partial charge in [-0.1, -0.05) is 74.2 Å². The van der Waals surface area contributed by atoms with Crippen molar-refractivity contribution in [2.45, 2.75) is 36.3 Å². The molecule has 0 bridgehead atoms. The van der Waals surface area contributed by atoms with Gasteiger partial charge in [0.2, 0.25) is 4.96 Å². The average molecular weight is 332 g/mol. The molecule has 0 aliphatic carbocycles. The van der Waals surface area contributed by atoms with Crippen molar-refractivity contribution < 1.29 is 0 Å². The van der Waals surface area contributed by atoms with E-state index in [1.54, 1.807) is 11.8 Å². The maximum Gasteiger partial charge on any atom is 0.297 e. The Morgan fingerprint density at radius 2 is 1.91 bits per heavy atom. The van der Waals surface area contributed by atoms with Gasteiger partial charge in [-0.25, -0.2) is 0 Å². The Labute approximate surface area is 136 Å². The number of aromatic nitrogens is 4. The fourth-order valence-electron chi connectivity index (χ4n) is 1.95. The number of nitrogens with zero attached hydrogens (tertiary/aromatic N) is 4. The monoisotopic (exact) mass is 332 g/mol. The first-order valence-corrected chi connectivity index (χ1v) is 8.69. The number of fused-ring (bicyclic) bond motifs is 1. The molecule has 7 heteroatoms. The van der Waals surface area contributed by atoms with Crippen molar-refractivity contribution in [2.24, 2.45) is 0 Å². The highest BCUT2D eigenvalue weighted by molar-refractivity contribution is 8.00. The lowest BCUT2D eigenvalue weighted by molar-refractivity contribution is 0.541. The molecule has 1 aromatic carbocycles. The summed E-state index contributed by atoms with van der Waals surface area (Å²) in [7, 11) is 0. The minimum Gasteiger partial charge on any atom is -0.265 e. The smallest absolute Gasteiger partial charge is 0.265 e. The van der Waals surface area contributed by atoms with E-state index >= 15 is 0 Å². The van der Waals surface area contributed by atoms with Crippen LogP contribution in [0, 0.1) is 0 Å². The molecular formula is C15H16N4OS2. The summed E-state index contributed by atoms with van der Waals surface area (Å²) in [6.45, 7) is 5.84. The van der Waals surface area contributed by atoms with E-state index in [1.165, 1.54) is 21.4 Å². The summed E-state index contributed by atoms with van der Waals surface area (Å²) in [6.07, 6.45) is 0. The molecule has 3 aromatic rings. The quantitative estimate of drug-likeness (QED) is 0.690. The van der Waals surface area contributed by atoms with Crippen molar-refractivity contribution >= 4 is 28.1 Å². The molecule has 0 radical (unpaired) electrons. The van der Waals surface area contributed by atoms with Crippen molar-refractivity contribution in [1.29, 1.82) is 0 Å². The maximum absolute atomic E-state index is 12.5. The number of benzene rings is 1. The van der Waals surface area contributed by atoms with Crippen LogP contribution in [0.2, 0.25) is 0 Å². The van der Waals surface area contributed by atoms with E-state index in [-0.39, 0.29) is 11.0 Å². The summed E-state index contributed by atoms with van der Waals surface area (Å²) in [4.78, 5) is 13.0. The SMILES string of the molecule is CC(C)(C)c1nnc2sc(SCc3ccccc3)nn2c1=O. The first kappa shape index (κ1) is 15.2. The molecule has 114 valence electrons. The summed E-state index contributed by atoms with van der Waals surface area (Å²) in [5.74, 6) is 0.814. The van der Waals surface area contributed by atoms with Gasteiger partial charge in [0.15, 0.2) is 4.34 Å². The third kappa shape index (κ3) is 3.05. The Balaban J connectivity index is 1.90. The van der Waals surface area contributed by atoms with E-state index < -0.39 is 0 Å². The third-order valence-corrected chi connectivity index (χ3v) is 5.19. The normalized spacial score (nSPS) is 12.0. The zero-order valence-corrected chi connectivity index (χ0v) is 14.2. The highest BCUT2D eigenvalue weighted by Gasteiger charge is 2.23. The molecule has 0 aliphatic rings. The molecule has 0 N–H and O–H groups in total. The summed E-state index contributed by atoms with van der Waals surface area (Å²) in [6, 6.07) is 10.2. The average Bonchev–Trinajstić information content (AvgIpc) is 2.89. The van der Waals surface area contributed by atoms with E-state index in [2.05, 4.69) is 27.4 Å². The highest BCUT2D eigenvalue weighted by atomic mass is 32.2. The minimum atomic E-state index is -0.341. The van der Waals surface area contributed by atoms with Crippen LogP contribution in [0.15, 0.2) is 39.5 Å². The first-order valence-electron chi connectivity index (χ1n) is 6.89. The maximum atomic E-state index is 12.5. The number of rotatable bonds is 3. The number of hydrogen-bond donors (Lipinski definition) is 0. The van der Waals surface area contributed by atoms with E-state index in [1.807, 2.05) is 39.0 Å². The van der Waals surface area contributed by atoms with Crippen molar-refractivity contribution in [3.8, 4) is 0 Å². The minimum absolute atomic E-state index is 0.180. The van der Waals surface area contributed by atoms with Gasteiger partial charge in [0, 0.05) is 11.2 Å². The van der Waals surface area contributed by atoms with Crippen molar-refractivity contribution in [3.63, 3.8) is 0 Å². The van der Waals surface area contributed by atoms with Crippen LogP contribution in [0.5, 0.6) is 0 Å². The van der Waals surface area contributed by atoms with Gasteiger partial charge >= 0.3 is 0 Å². The van der Waals surface area contributed by atoms with Crippen LogP contribution in [-0.2, 0) is 11.2 Å². The zero-order valence-electron chi connectivity index (χ0n) is 12.6. The predicted octanol–water partition coefficient (Wildman–Crippen LogP) is 3.14. The Morgan fingerprint density at radius 3 is 2.59 bits per heavy atom. The van der Waals surface area contributed by atoms with Crippen LogP contribution in [0.25, 0.3) is 4.96 Å². The molecule has 0 saturated heterocycles. The van der Waals surface area contributed by atoms with Crippen LogP contribution in [0.4, 0.5) is 0 Å². The number of hydrogen-bond acceptors (Lipinski definition) is 6. The topological polar surface area (TPSA) is 60.1 Å². The van der Waals surface area contributed by atoms with Gasteiger partial charge < -0.3 is 0 Å². The molecule has 2 aromatic heterocycles. The Morgan fingerprint density at radius 1 is 1.18 bits per heavy atom. The summed E-state index contributed by atoms with van der Waals surface area (Å²) < 4.78 is 2.19. The summed E-state index contributed by atoms with van der Waals surface area (Å²) in [5.41, 5.74) is 1.14. The lowest BCUT2D eigenvalue weighted by Gasteiger charge is -2.14. The molecule has 0 saturated carbocycles. The molecule has 0 aliphatic heterocycles. The van der Waals surface area contributed by atoms with Crippen LogP contribution in [0.1, 0.15) is 32.0 Å². The van der Waals surface area contributed by atoms with Crippen molar-refractivity contribution in [1.82, 2.24) is 19.8 Å². The van der Waals surface area contributed by atoms with Gasteiger partial charge in [0.25, 0.3) is 5.56 Å². The lowest BCUT2D eigenvalue weighted by Crippen LogP contribution is -2.30. The van der Waals surface area contributed by atoms with Gasteiger partial charge in [-0.3, -0.25) is 4.79 Å². The molecule has 5 nitrogen and oxygen atoms in total. The predicted molar refractivity (Wildman–Crippen MR) is 89.6 cm³/mol. The highest BCUT2D eigenvalue weighted by Crippen LogP contribution is 2.26. The molecule has 0 fully saturated rings. The molecule has 0 spiro atoms. The third-order valence-electron chi connectivity index (χ3n) is 3.09. The van der Waals surface area contributed by atoms with E-state index in [4.69, 9.17) is 0 Å². The first-order chi connectivity index (χ1) is 10.4. The van der Waals surface area contributed by atoms with Crippen LogP contribution in [0.3, 0.4) is 0 Å². The molecule has 0 unspecified atom stereocenters. The lowest BCUT2D eigenvalue weighted by atomic mass is 9.93. The molecule has 0 atom stereocenters. The van der Waals surface area contributed by atoms with Crippen LogP contribution in [-0.4, -0.2) is 19.8 Å². The summed E-state index contributed by atoms with van der Waals surface area (Å²) in [5, 5.41) is 12.6. The standard InChI is InChI=1S/C15H16N4OS2/c1-15(2,3)11-12(20)19-13(17-16-11)22-14(18-19)21-9-10-7-5-4-6-8-10/h4-8H,9H2,1-3H3. The second-order valence-electron chi connectivity index (χ2n) is 5.94. The van der Waals surface area contributed by atoms with E-state index in [0.29, 0.717) is 10.7 Å².